The van der Waals surface area contributed by atoms with Crippen LogP contribution < -0.4 is 5.32 Å². The minimum atomic E-state index is -1.04. The number of hydrogen-bond donors (Lipinski definition) is 1. The van der Waals surface area contributed by atoms with Crippen molar-refractivity contribution in [3.8, 4) is 0 Å². The predicted molar refractivity (Wildman–Crippen MR) is 63.6 cm³/mol. The van der Waals surface area contributed by atoms with Crippen LogP contribution in [0.5, 0.6) is 0 Å². The summed E-state index contributed by atoms with van der Waals surface area (Å²) in [6.45, 7) is 1.91. The Morgan fingerprint density at radius 1 is 1.38 bits per heavy atom. The Balaban J connectivity index is 2.36. The van der Waals surface area contributed by atoms with E-state index in [-0.39, 0.29) is 5.82 Å². The van der Waals surface area contributed by atoms with E-state index in [0.717, 1.165) is 36.4 Å². The van der Waals surface area contributed by atoms with Crippen LogP contribution in [0.4, 0.5) is 4.39 Å². The lowest BCUT2D eigenvalue weighted by Crippen LogP contribution is -2.27. The number of halogens is 1. The smallest absolute Gasteiger partial charge is 0.123 e. The first-order valence-corrected chi connectivity index (χ1v) is 7.08. The Morgan fingerprint density at radius 2 is 2.06 bits per heavy atom. The lowest BCUT2D eigenvalue weighted by atomic mass is 9.90. The molecule has 4 heteroatoms. The second-order valence-electron chi connectivity index (χ2n) is 4.16. The molecular weight excluding hydrogens is 225 g/mol. The summed E-state index contributed by atoms with van der Waals surface area (Å²) in [4.78, 5) is 0.785. The molecule has 0 bridgehead atoms. The van der Waals surface area contributed by atoms with Crippen LogP contribution in [0.1, 0.15) is 24.3 Å². The van der Waals surface area contributed by atoms with Crippen molar-refractivity contribution in [1.29, 1.82) is 0 Å². The SMILES string of the molecule is CS(=O)c1ccc(F)cc1C1CCNCC1. The second-order valence-corrected chi connectivity index (χ2v) is 5.51. The molecule has 0 saturated carbocycles. The van der Waals surface area contributed by atoms with Gasteiger partial charge in [-0.1, -0.05) is 0 Å². The largest absolute Gasteiger partial charge is 0.317 e. The maximum absolute atomic E-state index is 13.3. The minimum Gasteiger partial charge on any atom is -0.317 e. The molecule has 0 aromatic heterocycles. The van der Waals surface area contributed by atoms with Gasteiger partial charge in [-0.05, 0) is 55.6 Å². The zero-order chi connectivity index (χ0) is 11.5. The molecule has 1 aliphatic heterocycles. The van der Waals surface area contributed by atoms with Crippen molar-refractivity contribution in [2.45, 2.75) is 23.7 Å². The number of nitrogens with one attached hydrogen (secondary N) is 1. The molecule has 0 aliphatic carbocycles. The molecule has 0 radical (unpaired) electrons. The standard InChI is InChI=1S/C12H16FNOS/c1-16(15)12-3-2-10(13)8-11(12)9-4-6-14-7-5-9/h2-3,8-9,14H,4-7H2,1H3. The van der Waals surface area contributed by atoms with Gasteiger partial charge in [-0.15, -0.1) is 0 Å². The zero-order valence-electron chi connectivity index (χ0n) is 9.33. The maximum atomic E-state index is 13.3. The first kappa shape index (κ1) is 11.7. The fourth-order valence-electron chi connectivity index (χ4n) is 2.23. The van der Waals surface area contributed by atoms with Gasteiger partial charge in [0.15, 0.2) is 0 Å². The van der Waals surface area contributed by atoms with Gasteiger partial charge in [-0.3, -0.25) is 4.21 Å². The van der Waals surface area contributed by atoms with E-state index in [2.05, 4.69) is 5.32 Å². The van der Waals surface area contributed by atoms with Gasteiger partial charge in [0.2, 0.25) is 0 Å². The van der Waals surface area contributed by atoms with Gasteiger partial charge in [0, 0.05) is 11.2 Å². The van der Waals surface area contributed by atoms with Crippen molar-refractivity contribution < 1.29 is 8.60 Å². The molecule has 1 fully saturated rings. The molecular formula is C12H16FNOS. The lowest BCUT2D eigenvalue weighted by molar-refractivity contribution is 0.454. The summed E-state index contributed by atoms with van der Waals surface area (Å²) in [5.74, 6) is 0.110. The second kappa shape index (κ2) is 5.06. The van der Waals surface area contributed by atoms with Crippen LogP contribution in [0.3, 0.4) is 0 Å². The highest BCUT2D eigenvalue weighted by atomic mass is 32.2. The lowest BCUT2D eigenvalue weighted by Gasteiger charge is -2.24. The molecule has 1 aromatic carbocycles. The zero-order valence-corrected chi connectivity index (χ0v) is 10.1. The maximum Gasteiger partial charge on any atom is 0.123 e. The average Bonchev–Trinajstić information content (AvgIpc) is 2.29. The number of hydrogen-bond acceptors (Lipinski definition) is 2. The van der Waals surface area contributed by atoms with Crippen molar-refractivity contribution in [2.75, 3.05) is 19.3 Å². The fourth-order valence-corrected chi connectivity index (χ4v) is 3.05. The molecule has 1 unspecified atom stereocenters. The van der Waals surface area contributed by atoms with Gasteiger partial charge >= 0.3 is 0 Å². The van der Waals surface area contributed by atoms with Crippen LogP contribution in [0, 0.1) is 5.82 Å². The van der Waals surface area contributed by atoms with E-state index in [1.807, 2.05) is 0 Å². The molecule has 1 aliphatic rings. The Bertz CT molecular complexity index is 402. The van der Waals surface area contributed by atoms with Gasteiger partial charge in [-0.25, -0.2) is 4.39 Å². The molecule has 1 atom stereocenters. The molecule has 1 heterocycles. The first-order valence-electron chi connectivity index (χ1n) is 5.52. The molecule has 88 valence electrons. The van der Waals surface area contributed by atoms with Crippen LogP contribution in [-0.4, -0.2) is 23.6 Å². The third-order valence-corrected chi connectivity index (χ3v) is 4.05. The normalized spacial score (nSPS) is 19.6. The van der Waals surface area contributed by atoms with Crippen LogP contribution >= 0.6 is 0 Å². The molecule has 1 N–H and O–H groups in total. The molecule has 2 rings (SSSR count). The highest BCUT2D eigenvalue weighted by Crippen LogP contribution is 2.30. The monoisotopic (exact) mass is 241 g/mol. The third-order valence-electron chi connectivity index (χ3n) is 3.06. The van der Waals surface area contributed by atoms with Gasteiger partial charge in [0.05, 0.1) is 10.8 Å². The van der Waals surface area contributed by atoms with Gasteiger partial charge in [0.1, 0.15) is 5.82 Å². The predicted octanol–water partition coefficient (Wildman–Crippen LogP) is 2.03. The molecule has 1 aromatic rings. The number of rotatable bonds is 2. The van der Waals surface area contributed by atoms with Gasteiger partial charge in [-0.2, -0.15) is 0 Å². The van der Waals surface area contributed by atoms with E-state index in [9.17, 15) is 8.60 Å². The Hall–Kier alpha value is -0.740. The molecule has 1 saturated heterocycles. The summed E-state index contributed by atoms with van der Waals surface area (Å²) in [5, 5.41) is 3.28. The molecule has 0 amide bonds. The Kier molecular flexibility index (Phi) is 3.71. The third kappa shape index (κ3) is 2.50. The van der Waals surface area contributed by atoms with E-state index in [4.69, 9.17) is 0 Å². The van der Waals surface area contributed by atoms with Crippen molar-refractivity contribution in [1.82, 2.24) is 5.32 Å². The van der Waals surface area contributed by atoms with Crippen LogP contribution in [0.25, 0.3) is 0 Å². The van der Waals surface area contributed by atoms with Crippen LogP contribution in [0.2, 0.25) is 0 Å². The van der Waals surface area contributed by atoms with Crippen LogP contribution in [-0.2, 0) is 10.8 Å². The van der Waals surface area contributed by atoms with Crippen molar-refractivity contribution in [3.05, 3.63) is 29.6 Å². The number of benzene rings is 1. The highest BCUT2D eigenvalue weighted by Gasteiger charge is 2.20. The van der Waals surface area contributed by atoms with E-state index in [1.165, 1.54) is 6.07 Å². The van der Waals surface area contributed by atoms with Crippen molar-refractivity contribution in [3.63, 3.8) is 0 Å². The van der Waals surface area contributed by atoms with E-state index in [0.29, 0.717) is 5.92 Å². The van der Waals surface area contributed by atoms with Gasteiger partial charge in [0.25, 0.3) is 0 Å². The van der Waals surface area contributed by atoms with Gasteiger partial charge < -0.3 is 5.32 Å². The van der Waals surface area contributed by atoms with E-state index >= 15 is 0 Å². The summed E-state index contributed by atoms with van der Waals surface area (Å²) in [5.41, 5.74) is 0.933. The molecule has 0 spiro atoms. The topological polar surface area (TPSA) is 29.1 Å². The summed E-state index contributed by atoms with van der Waals surface area (Å²) >= 11 is 0. The molecule has 16 heavy (non-hydrogen) atoms. The first-order chi connectivity index (χ1) is 7.68. The van der Waals surface area contributed by atoms with Crippen molar-refractivity contribution >= 4 is 10.8 Å². The summed E-state index contributed by atoms with van der Waals surface area (Å²) < 4.78 is 24.8. The van der Waals surface area contributed by atoms with E-state index in [1.54, 1.807) is 18.4 Å². The number of piperidine rings is 1. The van der Waals surface area contributed by atoms with Crippen LogP contribution in [0.15, 0.2) is 23.1 Å². The average molecular weight is 241 g/mol. The Labute approximate surface area is 97.7 Å². The molecule has 2 nitrogen and oxygen atoms in total. The summed E-state index contributed by atoms with van der Waals surface area (Å²) in [6.07, 6.45) is 3.64. The minimum absolute atomic E-state index is 0.234. The van der Waals surface area contributed by atoms with E-state index < -0.39 is 10.8 Å². The quantitative estimate of drug-likeness (QED) is 0.858. The van der Waals surface area contributed by atoms with Crippen molar-refractivity contribution in [2.24, 2.45) is 0 Å². The summed E-state index contributed by atoms with van der Waals surface area (Å²) in [6, 6.07) is 4.59. The Morgan fingerprint density at radius 3 is 2.69 bits per heavy atom. The summed E-state index contributed by atoms with van der Waals surface area (Å²) in [7, 11) is -1.04. The fraction of sp³-hybridized carbons (Fsp3) is 0.500. The highest BCUT2D eigenvalue weighted by molar-refractivity contribution is 7.84.